The van der Waals surface area contributed by atoms with Crippen LogP contribution in [0.1, 0.15) is 10.4 Å². The van der Waals surface area contributed by atoms with Gasteiger partial charge in [-0.05, 0) is 24.3 Å². The molecule has 140 valence electrons. The summed E-state index contributed by atoms with van der Waals surface area (Å²) in [5.41, 5.74) is 2.43. The smallest absolute Gasteiger partial charge is 0.351 e. The van der Waals surface area contributed by atoms with E-state index in [1.807, 2.05) is 36.4 Å². The number of carbonyl (C=O) groups excluding carboxylic acids is 1. The summed E-state index contributed by atoms with van der Waals surface area (Å²) in [5, 5.41) is 4.98. The topological polar surface area (TPSA) is 70.8 Å². The number of methoxy groups -OCH3 is 2. The molecule has 6 heteroatoms. The molecule has 0 saturated heterocycles. The van der Waals surface area contributed by atoms with E-state index in [-0.39, 0.29) is 5.56 Å². The lowest BCUT2D eigenvalue weighted by atomic mass is 10.1. The normalized spacial score (nSPS) is 10.6. The Morgan fingerprint density at radius 1 is 0.893 bits per heavy atom. The zero-order chi connectivity index (χ0) is 19.5. The molecular weight excluding hydrogens is 358 g/mol. The number of benzene rings is 3. The molecule has 0 aliphatic heterocycles. The Morgan fingerprint density at radius 2 is 1.61 bits per heavy atom. The largest absolute Gasteiger partial charge is 0.496 e. The minimum atomic E-state index is -0.587. The molecule has 1 aromatic heterocycles. The molecule has 4 aromatic rings. The summed E-state index contributed by atoms with van der Waals surface area (Å²) in [6.45, 7) is 0. The van der Waals surface area contributed by atoms with Crippen molar-refractivity contribution in [1.82, 2.24) is 5.16 Å². The third-order valence-electron chi connectivity index (χ3n) is 4.33. The van der Waals surface area contributed by atoms with Gasteiger partial charge < -0.3 is 18.7 Å². The Labute approximate surface area is 161 Å². The predicted molar refractivity (Wildman–Crippen MR) is 104 cm³/mol. The summed E-state index contributed by atoms with van der Waals surface area (Å²) in [7, 11) is 2.97. The number of fused-ring (bicyclic) bond motifs is 1. The highest BCUT2D eigenvalue weighted by molar-refractivity contribution is 5.98. The van der Waals surface area contributed by atoms with Crippen molar-refractivity contribution in [3.05, 3.63) is 72.3 Å². The monoisotopic (exact) mass is 375 g/mol. The van der Waals surface area contributed by atoms with Crippen LogP contribution in [-0.4, -0.2) is 25.3 Å². The molecule has 0 atom stereocenters. The first kappa shape index (κ1) is 17.6. The number of hydrogen-bond donors (Lipinski definition) is 0. The Bertz CT molecular complexity index is 1110. The van der Waals surface area contributed by atoms with Gasteiger partial charge in [-0.15, -0.1) is 0 Å². The molecule has 3 aromatic carbocycles. The molecule has 1 heterocycles. The quantitative estimate of drug-likeness (QED) is 0.371. The van der Waals surface area contributed by atoms with Crippen LogP contribution in [0.15, 0.2) is 71.3 Å². The van der Waals surface area contributed by atoms with Crippen molar-refractivity contribution in [2.75, 3.05) is 14.2 Å². The van der Waals surface area contributed by atoms with E-state index in [2.05, 4.69) is 5.16 Å². The molecule has 4 rings (SSSR count). The van der Waals surface area contributed by atoms with E-state index in [1.165, 1.54) is 14.2 Å². The molecule has 0 aliphatic rings. The van der Waals surface area contributed by atoms with Crippen molar-refractivity contribution in [2.45, 2.75) is 0 Å². The van der Waals surface area contributed by atoms with Gasteiger partial charge in [-0.25, -0.2) is 4.79 Å². The zero-order valence-electron chi connectivity index (χ0n) is 15.3. The van der Waals surface area contributed by atoms with Gasteiger partial charge in [0.2, 0.25) is 0 Å². The lowest BCUT2D eigenvalue weighted by Crippen LogP contribution is -2.11. The SMILES string of the molecule is COc1cccc(OC)c1C(=O)Oc1ccc2c(-c3ccccc3)noc2c1. The third kappa shape index (κ3) is 3.16. The number of nitrogens with zero attached hydrogens (tertiary/aromatic N) is 1. The number of aromatic nitrogens is 1. The summed E-state index contributed by atoms with van der Waals surface area (Å²) < 4.78 is 21.5. The van der Waals surface area contributed by atoms with E-state index in [4.69, 9.17) is 18.7 Å². The second-order valence-electron chi connectivity index (χ2n) is 5.98. The van der Waals surface area contributed by atoms with Crippen LogP contribution in [-0.2, 0) is 0 Å². The van der Waals surface area contributed by atoms with Crippen LogP contribution in [0.4, 0.5) is 0 Å². The minimum Gasteiger partial charge on any atom is -0.496 e. The van der Waals surface area contributed by atoms with Gasteiger partial charge in [0, 0.05) is 17.0 Å². The van der Waals surface area contributed by atoms with Crippen LogP contribution >= 0.6 is 0 Å². The molecule has 0 spiro atoms. The predicted octanol–water partition coefficient (Wildman–Crippen LogP) is 4.73. The molecule has 0 aliphatic carbocycles. The summed E-state index contributed by atoms with van der Waals surface area (Å²) >= 11 is 0. The fraction of sp³-hybridized carbons (Fsp3) is 0.0909. The molecule has 0 N–H and O–H groups in total. The molecule has 0 radical (unpaired) electrons. The maximum atomic E-state index is 12.7. The summed E-state index contributed by atoms with van der Waals surface area (Å²) in [6.07, 6.45) is 0. The lowest BCUT2D eigenvalue weighted by molar-refractivity contribution is 0.0727. The average Bonchev–Trinajstić information content (AvgIpc) is 3.16. The minimum absolute atomic E-state index is 0.218. The van der Waals surface area contributed by atoms with Gasteiger partial charge >= 0.3 is 5.97 Å². The molecule has 6 nitrogen and oxygen atoms in total. The summed E-state index contributed by atoms with van der Waals surface area (Å²) in [6, 6.07) is 20.0. The molecular formula is C22H17NO5. The van der Waals surface area contributed by atoms with Crippen molar-refractivity contribution in [3.8, 4) is 28.5 Å². The van der Waals surface area contributed by atoms with Crippen molar-refractivity contribution < 1.29 is 23.5 Å². The Kier molecular flexibility index (Phi) is 4.68. The highest BCUT2D eigenvalue weighted by Gasteiger charge is 2.21. The van der Waals surface area contributed by atoms with Gasteiger partial charge in [-0.3, -0.25) is 0 Å². The molecule has 0 fully saturated rings. The second kappa shape index (κ2) is 7.44. The average molecular weight is 375 g/mol. The van der Waals surface area contributed by atoms with E-state index >= 15 is 0 Å². The molecule has 0 bridgehead atoms. The lowest BCUT2D eigenvalue weighted by Gasteiger charge is -2.12. The standard InChI is InChI=1S/C22H17NO5/c1-25-17-9-6-10-18(26-2)20(17)22(24)27-15-11-12-16-19(13-15)28-23-21(16)14-7-4-3-5-8-14/h3-13H,1-2H3. The van der Waals surface area contributed by atoms with E-state index < -0.39 is 5.97 Å². The van der Waals surface area contributed by atoms with Crippen LogP contribution < -0.4 is 14.2 Å². The third-order valence-corrected chi connectivity index (χ3v) is 4.33. The first-order valence-electron chi connectivity index (χ1n) is 8.59. The van der Waals surface area contributed by atoms with Gasteiger partial charge in [0.25, 0.3) is 0 Å². The van der Waals surface area contributed by atoms with Gasteiger partial charge in [-0.1, -0.05) is 41.6 Å². The number of hydrogen-bond acceptors (Lipinski definition) is 6. The highest BCUT2D eigenvalue weighted by atomic mass is 16.5. The van der Waals surface area contributed by atoms with Crippen molar-refractivity contribution in [1.29, 1.82) is 0 Å². The first-order valence-corrected chi connectivity index (χ1v) is 8.59. The van der Waals surface area contributed by atoms with Crippen LogP contribution in [0.5, 0.6) is 17.2 Å². The van der Waals surface area contributed by atoms with Crippen molar-refractivity contribution >= 4 is 16.9 Å². The maximum absolute atomic E-state index is 12.7. The molecule has 0 saturated carbocycles. The van der Waals surface area contributed by atoms with Crippen molar-refractivity contribution in [3.63, 3.8) is 0 Å². The van der Waals surface area contributed by atoms with Gasteiger partial charge in [0.15, 0.2) is 5.58 Å². The molecule has 28 heavy (non-hydrogen) atoms. The van der Waals surface area contributed by atoms with Crippen LogP contribution in [0.3, 0.4) is 0 Å². The van der Waals surface area contributed by atoms with Gasteiger partial charge in [0.1, 0.15) is 28.5 Å². The fourth-order valence-corrected chi connectivity index (χ4v) is 3.00. The highest BCUT2D eigenvalue weighted by Crippen LogP contribution is 2.32. The van der Waals surface area contributed by atoms with Gasteiger partial charge in [0.05, 0.1) is 14.2 Å². The number of ether oxygens (including phenoxy) is 3. The van der Waals surface area contributed by atoms with Gasteiger partial charge in [-0.2, -0.15) is 0 Å². The molecule has 0 amide bonds. The van der Waals surface area contributed by atoms with E-state index in [9.17, 15) is 4.79 Å². The maximum Gasteiger partial charge on any atom is 0.351 e. The number of carbonyl (C=O) groups is 1. The first-order chi connectivity index (χ1) is 13.7. The van der Waals surface area contributed by atoms with E-state index in [1.54, 1.807) is 30.3 Å². The zero-order valence-corrected chi connectivity index (χ0v) is 15.3. The Balaban J connectivity index is 1.66. The van der Waals surface area contributed by atoms with Crippen LogP contribution in [0.2, 0.25) is 0 Å². The fourth-order valence-electron chi connectivity index (χ4n) is 3.00. The summed E-state index contributed by atoms with van der Waals surface area (Å²) in [5.74, 6) is 0.491. The summed E-state index contributed by atoms with van der Waals surface area (Å²) in [4.78, 5) is 12.7. The Hall–Kier alpha value is -3.80. The van der Waals surface area contributed by atoms with Crippen LogP contribution in [0, 0.1) is 0 Å². The van der Waals surface area contributed by atoms with E-state index in [0.29, 0.717) is 22.8 Å². The number of esters is 1. The Morgan fingerprint density at radius 3 is 2.29 bits per heavy atom. The molecule has 0 unspecified atom stereocenters. The van der Waals surface area contributed by atoms with E-state index in [0.717, 1.165) is 16.6 Å². The van der Waals surface area contributed by atoms with Crippen molar-refractivity contribution in [2.24, 2.45) is 0 Å². The van der Waals surface area contributed by atoms with Crippen LogP contribution in [0.25, 0.3) is 22.2 Å². The number of rotatable bonds is 5. The second-order valence-corrected chi connectivity index (χ2v) is 5.98.